The van der Waals surface area contributed by atoms with Gasteiger partial charge >= 0.3 is 0 Å². The second-order valence-electron chi connectivity index (χ2n) is 4.41. The van der Waals surface area contributed by atoms with E-state index in [1.165, 1.54) is 11.3 Å². The molecule has 0 aliphatic heterocycles. The molecule has 0 unspecified atom stereocenters. The lowest BCUT2D eigenvalue weighted by Gasteiger charge is -2.19. The summed E-state index contributed by atoms with van der Waals surface area (Å²) in [5.41, 5.74) is 0.107. The van der Waals surface area contributed by atoms with E-state index in [2.05, 4.69) is 43.2 Å². The first-order valence-corrected chi connectivity index (χ1v) is 6.03. The van der Waals surface area contributed by atoms with Gasteiger partial charge in [-0.25, -0.2) is 0 Å². The molecule has 0 atom stereocenters. The van der Waals surface area contributed by atoms with E-state index >= 15 is 0 Å². The van der Waals surface area contributed by atoms with E-state index in [-0.39, 0.29) is 5.54 Å². The maximum Gasteiger partial charge on any atom is 0.294 e. The van der Waals surface area contributed by atoms with Crippen LogP contribution in [0.25, 0.3) is 0 Å². The third-order valence-corrected chi connectivity index (χ3v) is 2.48. The number of hydrogen-bond donors (Lipinski definition) is 1. The molecule has 0 radical (unpaired) electrons. The van der Waals surface area contributed by atoms with Crippen molar-refractivity contribution in [1.29, 1.82) is 0 Å². The van der Waals surface area contributed by atoms with Gasteiger partial charge in [0.1, 0.15) is 5.01 Å². The highest BCUT2D eigenvalue weighted by molar-refractivity contribution is 7.13. The lowest BCUT2D eigenvalue weighted by atomic mass is 10.1. The maximum absolute atomic E-state index is 5.38. The Hall–Kier alpha value is -0.680. The van der Waals surface area contributed by atoms with Crippen LogP contribution in [0.2, 0.25) is 0 Å². The molecule has 5 heteroatoms. The summed E-state index contributed by atoms with van der Waals surface area (Å²) >= 11 is 1.51. The first-order valence-electron chi connectivity index (χ1n) is 5.21. The predicted octanol–water partition coefficient (Wildman–Crippen LogP) is 2.21. The Morgan fingerprint density at radius 3 is 2.67 bits per heavy atom. The lowest BCUT2D eigenvalue weighted by Crippen LogP contribution is -2.35. The van der Waals surface area contributed by atoms with Crippen molar-refractivity contribution in [2.24, 2.45) is 0 Å². The van der Waals surface area contributed by atoms with Crippen molar-refractivity contribution in [3.05, 3.63) is 5.01 Å². The fourth-order valence-corrected chi connectivity index (χ4v) is 1.55. The van der Waals surface area contributed by atoms with Gasteiger partial charge in [0.15, 0.2) is 0 Å². The monoisotopic (exact) mass is 229 g/mol. The van der Waals surface area contributed by atoms with Crippen LogP contribution in [0.3, 0.4) is 0 Å². The molecule has 15 heavy (non-hydrogen) atoms. The number of ether oxygens (including phenoxy) is 1. The Labute approximate surface area is 95.1 Å². The van der Waals surface area contributed by atoms with Crippen molar-refractivity contribution in [2.45, 2.75) is 46.2 Å². The summed E-state index contributed by atoms with van der Waals surface area (Å²) in [6.07, 6.45) is 0.995. The molecular formula is C10H19N3OS. The second-order valence-corrected chi connectivity index (χ2v) is 5.44. The van der Waals surface area contributed by atoms with Gasteiger partial charge in [-0.3, -0.25) is 0 Å². The molecule has 1 aromatic heterocycles. The average molecular weight is 229 g/mol. The number of aromatic nitrogens is 2. The van der Waals surface area contributed by atoms with Gasteiger partial charge in [0, 0.05) is 5.54 Å². The van der Waals surface area contributed by atoms with Crippen LogP contribution in [0.5, 0.6) is 5.19 Å². The molecule has 1 aromatic rings. The molecule has 0 bridgehead atoms. The van der Waals surface area contributed by atoms with Gasteiger partial charge < -0.3 is 10.1 Å². The van der Waals surface area contributed by atoms with E-state index in [9.17, 15) is 0 Å². The zero-order valence-corrected chi connectivity index (χ0v) is 10.6. The summed E-state index contributed by atoms with van der Waals surface area (Å²) in [5.74, 6) is 0. The minimum atomic E-state index is 0.107. The molecule has 1 N–H and O–H groups in total. The molecular weight excluding hydrogens is 210 g/mol. The summed E-state index contributed by atoms with van der Waals surface area (Å²) in [4.78, 5) is 0. The Balaban J connectivity index is 2.39. The van der Waals surface area contributed by atoms with Gasteiger partial charge in [-0.05, 0) is 27.2 Å². The molecule has 1 heterocycles. The van der Waals surface area contributed by atoms with Crippen molar-refractivity contribution in [1.82, 2.24) is 15.5 Å². The SMILES string of the molecule is CCCOc1nnc(CNC(C)(C)C)s1. The van der Waals surface area contributed by atoms with Gasteiger partial charge in [-0.2, -0.15) is 0 Å². The fraction of sp³-hybridized carbons (Fsp3) is 0.800. The third kappa shape index (κ3) is 5.09. The van der Waals surface area contributed by atoms with Crippen LogP contribution in [0.1, 0.15) is 39.1 Å². The smallest absolute Gasteiger partial charge is 0.294 e. The first-order chi connectivity index (χ1) is 7.01. The largest absolute Gasteiger partial charge is 0.469 e. The summed E-state index contributed by atoms with van der Waals surface area (Å²) in [7, 11) is 0. The van der Waals surface area contributed by atoms with Crippen LogP contribution in [0, 0.1) is 0 Å². The Morgan fingerprint density at radius 1 is 1.33 bits per heavy atom. The van der Waals surface area contributed by atoms with Gasteiger partial charge in [0.05, 0.1) is 13.2 Å². The minimum absolute atomic E-state index is 0.107. The van der Waals surface area contributed by atoms with Gasteiger partial charge in [0.25, 0.3) is 5.19 Å². The highest BCUT2D eigenvalue weighted by Crippen LogP contribution is 2.18. The van der Waals surface area contributed by atoms with E-state index in [0.29, 0.717) is 11.8 Å². The standard InChI is InChI=1S/C10H19N3OS/c1-5-6-14-9-13-12-8(15-9)7-11-10(2,3)4/h11H,5-7H2,1-4H3. The molecule has 4 nitrogen and oxygen atoms in total. The molecule has 0 aliphatic carbocycles. The van der Waals surface area contributed by atoms with Crippen LogP contribution in [-0.2, 0) is 6.54 Å². The lowest BCUT2D eigenvalue weighted by molar-refractivity contribution is 0.313. The molecule has 0 aromatic carbocycles. The van der Waals surface area contributed by atoms with Crippen LogP contribution in [0.4, 0.5) is 0 Å². The highest BCUT2D eigenvalue weighted by atomic mass is 32.1. The zero-order valence-electron chi connectivity index (χ0n) is 9.83. The van der Waals surface area contributed by atoms with Crippen molar-refractivity contribution < 1.29 is 4.74 Å². The highest BCUT2D eigenvalue weighted by Gasteiger charge is 2.11. The Kier molecular flexibility index (Phi) is 4.47. The minimum Gasteiger partial charge on any atom is -0.469 e. The molecule has 0 saturated carbocycles. The molecule has 1 rings (SSSR count). The molecule has 0 spiro atoms. The first kappa shape index (κ1) is 12.4. The number of hydrogen-bond acceptors (Lipinski definition) is 5. The van der Waals surface area contributed by atoms with Crippen LogP contribution >= 0.6 is 11.3 Å². The van der Waals surface area contributed by atoms with Crippen molar-refractivity contribution in [3.63, 3.8) is 0 Å². The Morgan fingerprint density at radius 2 is 2.07 bits per heavy atom. The van der Waals surface area contributed by atoms with Crippen molar-refractivity contribution >= 4 is 11.3 Å². The van der Waals surface area contributed by atoms with Crippen LogP contribution in [0.15, 0.2) is 0 Å². The number of nitrogens with zero attached hydrogens (tertiary/aromatic N) is 2. The quantitative estimate of drug-likeness (QED) is 0.841. The number of nitrogens with one attached hydrogen (secondary N) is 1. The predicted molar refractivity (Wildman–Crippen MR) is 62.3 cm³/mol. The molecule has 0 saturated heterocycles. The third-order valence-electron chi connectivity index (χ3n) is 1.65. The fourth-order valence-electron chi connectivity index (χ4n) is 0.898. The average Bonchev–Trinajstić information content (AvgIpc) is 2.58. The van der Waals surface area contributed by atoms with Gasteiger partial charge in [-0.15, -0.1) is 10.2 Å². The van der Waals surface area contributed by atoms with Gasteiger partial charge in [0.2, 0.25) is 0 Å². The zero-order chi connectivity index (χ0) is 11.3. The van der Waals surface area contributed by atoms with E-state index in [0.717, 1.165) is 18.0 Å². The summed E-state index contributed by atoms with van der Waals surface area (Å²) in [6, 6.07) is 0. The summed E-state index contributed by atoms with van der Waals surface area (Å²) in [6.45, 7) is 9.91. The van der Waals surface area contributed by atoms with E-state index < -0.39 is 0 Å². The van der Waals surface area contributed by atoms with Gasteiger partial charge in [-0.1, -0.05) is 18.3 Å². The van der Waals surface area contributed by atoms with E-state index in [1.54, 1.807) is 0 Å². The van der Waals surface area contributed by atoms with E-state index in [1.807, 2.05) is 0 Å². The van der Waals surface area contributed by atoms with Crippen molar-refractivity contribution in [2.75, 3.05) is 6.61 Å². The van der Waals surface area contributed by atoms with Crippen molar-refractivity contribution in [3.8, 4) is 5.19 Å². The van der Waals surface area contributed by atoms with Crippen LogP contribution in [-0.4, -0.2) is 22.3 Å². The molecule has 0 aliphatic rings. The molecule has 86 valence electrons. The summed E-state index contributed by atoms with van der Waals surface area (Å²) < 4.78 is 5.38. The maximum atomic E-state index is 5.38. The summed E-state index contributed by atoms with van der Waals surface area (Å²) in [5, 5.41) is 13.0. The normalized spacial score (nSPS) is 11.7. The van der Waals surface area contributed by atoms with E-state index in [4.69, 9.17) is 4.74 Å². The molecule has 0 amide bonds. The molecule has 0 fully saturated rings. The number of rotatable bonds is 5. The Bertz CT molecular complexity index is 293. The van der Waals surface area contributed by atoms with Crippen LogP contribution < -0.4 is 10.1 Å². The second kappa shape index (κ2) is 5.42. The topological polar surface area (TPSA) is 47.0 Å².